The van der Waals surface area contributed by atoms with Crippen LogP contribution in [0.5, 0.6) is 0 Å². The van der Waals surface area contributed by atoms with E-state index in [1.807, 2.05) is 0 Å². The molecular weight excluding hydrogens is 262 g/mol. The van der Waals surface area contributed by atoms with E-state index in [-0.39, 0.29) is 5.56 Å². The van der Waals surface area contributed by atoms with Crippen LogP contribution in [-0.2, 0) is 0 Å². The molecule has 0 fully saturated rings. The lowest BCUT2D eigenvalue weighted by Crippen LogP contribution is -2.34. The van der Waals surface area contributed by atoms with Gasteiger partial charge in [-0.15, -0.1) is 0 Å². The fourth-order valence-electron chi connectivity index (χ4n) is 1.53. The highest BCUT2D eigenvalue weighted by molar-refractivity contribution is 5.28. The van der Waals surface area contributed by atoms with E-state index in [9.17, 15) is 26.3 Å². The van der Waals surface area contributed by atoms with Crippen molar-refractivity contribution >= 4 is 0 Å². The number of hydrogen-bond donors (Lipinski definition) is 1. The molecule has 0 aliphatic rings. The molecule has 7 heteroatoms. The number of benzene rings is 1. The number of hydrogen-bond acceptors (Lipinski definition) is 1. The van der Waals surface area contributed by atoms with Crippen molar-refractivity contribution in [2.45, 2.75) is 31.3 Å². The number of rotatable bonds is 2. The lowest BCUT2D eigenvalue weighted by molar-refractivity contribution is -0.253. The van der Waals surface area contributed by atoms with Crippen molar-refractivity contribution in [3.05, 3.63) is 35.4 Å². The van der Waals surface area contributed by atoms with Crippen molar-refractivity contribution < 1.29 is 31.4 Å². The molecule has 102 valence electrons. The Morgan fingerprint density at radius 1 is 0.833 bits per heavy atom. The SMILES string of the molecule is CC(O)c1ccc(C(C(F)(F)F)C(F)(F)F)cc1. The summed E-state index contributed by atoms with van der Waals surface area (Å²) in [5.74, 6) is -3.51. The number of halogens is 6. The largest absolute Gasteiger partial charge is 0.404 e. The van der Waals surface area contributed by atoms with Gasteiger partial charge < -0.3 is 5.11 Å². The topological polar surface area (TPSA) is 20.2 Å². The van der Waals surface area contributed by atoms with Gasteiger partial charge in [-0.05, 0) is 18.1 Å². The maximum absolute atomic E-state index is 12.4. The molecule has 0 aliphatic heterocycles. The minimum absolute atomic E-state index is 0.252. The molecular formula is C11H10F6O. The highest BCUT2D eigenvalue weighted by Crippen LogP contribution is 2.46. The average molecular weight is 272 g/mol. The molecule has 1 unspecified atom stereocenters. The summed E-state index contributed by atoms with van der Waals surface area (Å²) in [6, 6.07) is 3.55. The molecule has 1 nitrogen and oxygen atoms in total. The van der Waals surface area contributed by atoms with Gasteiger partial charge in [-0.2, -0.15) is 26.3 Å². The van der Waals surface area contributed by atoms with Gasteiger partial charge >= 0.3 is 12.4 Å². The fraction of sp³-hybridized carbons (Fsp3) is 0.455. The Labute approximate surface area is 99.0 Å². The zero-order valence-corrected chi connectivity index (χ0v) is 9.18. The lowest BCUT2D eigenvalue weighted by Gasteiger charge is -2.23. The van der Waals surface area contributed by atoms with Crippen LogP contribution in [0.15, 0.2) is 24.3 Å². The minimum atomic E-state index is -5.40. The molecule has 1 aromatic carbocycles. The van der Waals surface area contributed by atoms with Crippen LogP contribution in [0.4, 0.5) is 26.3 Å². The molecule has 0 amide bonds. The first-order valence-electron chi connectivity index (χ1n) is 4.95. The summed E-state index contributed by atoms with van der Waals surface area (Å²) in [6.07, 6.45) is -11.7. The van der Waals surface area contributed by atoms with Gasteiger partial charge in [0.1, 0.15) is 0 Å². The summed E-state index contributed by atoms with van der Waals surface area (Å²) in [5.41, 5.74) is -0.638. The van der Waals surface area contributed by atoms with Gasteiger partial charge in [0.15, 0.2) is 5.92 Å². The Kier molecular flexibility index (Phi) is 3.95. The Morgan fingerprint density at radius 2 is 1.17 bits per heavy atom. The predicted octanol–water partition coefficient (Wildman–Crippen LogP) is 3.95. The zero-order chi connectivity index (χ0) is 14.1. The van der Waals surface area contributed by atoms with Crippen LogP contribution < -0.4 is 0 Å². The second kappa shape index (κ2) is 4.79. The molecule has 0 saturated carbocycles. The van der Waals surface area contributed by atoms with E-state index in [0.29, 0.717) is 0 Å². The Morgan fingerprint density at radius 3 is 1.44 bits per heavy atom. The number of alkyl halides is 6. The second-order valence-electron chi connectivity index (χ2n) is 3.86. The predicted molar refractivity (Wildman–Crippen MR) is 51.9 cm³/mol. The van der Waals surface area contributed by atoms with Crippen molar-refractivity contribution in [2.75, 3.05) is 0 Å². The molecule has 1 atom stereocenters. The van der Waals surface area contributed by atoms with Crippen LogP contribution in [0.25, 0.3) is 0 Å². The Bertz CT molecular complexity index is 375. The first-order valence-corrected chi connectivity index (χ1v) is 4.95. The summed E-state index contributed by atoms with van der Waals surface area (Å²) in [7, 11) is 0. The van der Waals surface area contributed by atoms with E-state index >= 15 is 0 Å². The second-order valence-corrected chi connectivity index (χ2v) is 3.86. The molecule has 0 aromatic heterocycles. The van der Waals surface area contributed by atoms with Crippen LogP contribution in [0.2, 0.25) is 0 Å². The molecule has 0 saturated heterocycles. The standard InChI is InChI=1S/C11H10F6O/c1-6(18)7-2-4-8(5-3-7)9(10(12,13)14)11(15,16)17/h2-6,9,18H,1H3. The van der Waals surface area contributed by atoms with Crippen LogP contribution in [0, 0.1) is 0 Å². The number of aliphatic hydroxyl groups excluding tert-OH is 1. The van der Waals surface area contributed by atoms with Gasteiger partial charge in [0.25, 0.3) is 0 Å². The molecule has 0 heterocycles. The normalized spacial score (nSPS) is 14.9. The van der Waals surface area contributed by atoms with E-state index < -0.39 is 29.9 Å². The van der Waals surface area contributed by atoms with Crippen molar-refractivity contribution in [1.82, 2.24) is 0 Å². The van der Waals surface area contributed by atoms with Gasteiger partial charge in [-0.1, -0.05) is 24.3 Å². The summed E-state index contributed by atoms with van der Waals surface area (Å²) in [5, 5.41) is 9.13. The maximum Gasteiger partial charge on any atom is 0.404 e. The van der Waals surface area contributed by atoms with Crippen molar-refractivity contribution in [1.29, 1.82) is 0 Å². The molecule has 0 spiro atoms. The van der Waals surface area contributed by atoms with Crippen molar-refractivity contribution in [3.63, 3.8) is 0 Å². The van der Waals surface area contributed by atoms with E-state index in [4.69, 9.17) is 5.11 Å². The smallest absolute Gasteiger partial charge is 0.389 e. The molecule has 0 radical (unpaired) electrons. The summed E-state index contributed by atoms with van der Waals surface area (Å²) in [6.45, 7) is 1.36. The van der Waals surface area contributed by atoms with Crippen molar-refractivity contribution in [3.8, 4) is 0 Å². The van der Waals surface area contributed by atoms with E-state index in [0.717, 1.165) is 24.3 Å². The maximum atomic E-state index is 12.4. The third-order valence-electron chi connectivity index (χ3n) is 2.41. The fourth-order valence-corrected chi connectivity index (χ4v) is 1.53. The van der Waals surface area contributed by atoms with Gasteiger partial charge in [0.2, 0.25) is 0 Å². The summed E-state index contributed by atoms with van der Waals surface area (Å²) in [4.78, 5) is 0. The van der Waals surface area contributed by atoms with Gasteiger partial charge in [0, 0.05) is 0 Å². The minimum Gasteiger partial charge on any atom is -0.389 e. The van der Waals surface area contributed by atoms with E-state index in [1.54, 1.807) is 0 Å². The molecule has 0 bridgehead atoms. The van der Waals surface area contributed by atoms with E-state index in [2.05, 4.69) is 0 Å². The third kappa shape index (κ3) is 3.38. The summed E-state index contributed by atoms with van der Waals surface area (Å²) >= 11 is 0. The first-order chi connectivity index (χ1) is 8.03. The zero-order valence-electron chi connectivity index (χ0n) is 9.18. The van der Waals surface area contributed by atoms with Crippen LogP contribution >= 0.6 is 0 Å². The molecule has 18 heavy (non-hydrogen) atoms. The summed E-state index contributed by atoms with van der Waals surface area (Å²) < 4.78 is 74.3. The van der Waals surface area contributed by atoms with E-state index in [1.165, 1.54) is 6.92 Å². The Balaban J connectivity index is 3.16. The lowest BCUT2D eigenvalue weighted by atomic mass is 9.96. The van der Waals surface area contributed by atoms with Crippen LogP contribution in [0.3, 0.4) is 0 Å². The first kappa shape index (κ1) is 14.8. The number of aliphatic hydroxyl groups is 1. The highest BCUT2D eigenvalue weighted by atomic mass is 19.4. The van der Waals surface area contributed by atoms with Crippen LogP contribution in [0.1, 0.15) is 30.1 Å². The molecule has 1 N–H and O–H groups in total. The average Bonchev–Trinajstić information content (AvgIpc) is 2.13. The molecule has 1 rings (SSSR count). The van der Waals surface area contributed by atoms with Gasteiger partial charge in [-0.3, -0.25) is 0 Å². The monoisotopic (exact) mass is 272 g/mol. The highest BCUT2D eigenvalue weighted by Gasteiger charge is 2.57. The molecule has 0 aliphatic carbocycles. The van der Waals surface area contributed by atoms with Gasteiger partial charge in [-0.25, -0.2) is 0 Å². The third-order valence-corrected chi connectivity index (χ3v) is 2.41. The van der Waals surface area contributed by atoms with Crippen LogP contribution in [-0.4, -0.2) is 17.5 Å². The quantitative estimate of drug-likeness (QED) is 0.808. The van der Waals surface area contributed by atoms with Crippen molar-refractivity contribution in [2.24, 2.45) is 0 Å². The molecule has 1 aromatic rings. The Hall–Kier alpha value is -1.24. The van der Waals surface area contributed by atoms with Gasteiger partial charge in [0.05, 0.1) is 6.10 Å².